The topological polar surface area (TPSA) is 69.9 Å². The molecule has 0 bridgehead atoms. The van der Waals surface area contributed by atoms with Crippen LogP contribution in [0, 0.1) is 11.8 Å². The summed E-state index contributed by atoms with van der Waals surface area (Å²) in [5, 5.41) is 27.0. The van der Waals surface area contributed by atoms with Crippen LogP contribution in [0.3, 0.4) is 0 Å². The van der Waals surface area contributed by atoms with Gasteiger partial charge in [0.05, 0.1) is 6.61 Å². The third-order valence-corrected chi connectivity index (χ3v) is 3.72. The van der Waals surface area contributed by atoms with E-state index in [1.54, 1.807) is 0 Å². The monoisotopic (exact) mass is 326 g/mol. The largest absolute Gasteiger partial charge is 0.512 e. The summed E-state index contributed by atoms with van der Waals surface area (Å²) in [7, 11) is 0. The smallest absolute Gasteiger partial charge is 0.186 e. The van der Waals surface area contributed by atoms with Crippen molar-refractivity contribution in [3.63, 3.8) is 0 Å². The predicted octanol–water partition coefficient (Wildman–Crippen LogP) is 4.07. The molecular formula is C19H34O4. The summed E-state index contributed by atoms with van der Waals surface area (Å²) in [6.07, 6.45) is 13.6. The fourth-order valence-electron chi connectivity index (χ4n) is 2.31. The molecule has 134 valence electrons. The van der Waals surface area contributed by atoms with E-state index in [0.717, 1.165) is 25.4 Å². The quantitative estimate of drug-likeness (QED) is 0.256. The first kappa shape index (κ1) is 21.8. The van der Waals surface area contributed by atoms with Crippen molar-refractivity contribution in [2.45, 2.75) is 89.8 Å². The molecule has 0 aromatic rings. The first-order valence-electron chi connectivity index (χ1n) is 8.98. The van der Waals surface area contributed by atoms with Crippen molar-refractivity contribution in [1.82, 2.24) is 0 Å². The normalized spacial score (nSPS) is 13.5. The van der Waals surface area contributed by atoms with Crippen LogP contribution >= 0.6 is 0 Å². The summed E-state index contributed by atoms with van der Waals surface area (Å²) in [5.41, 5.74) is 0. The van der Waals surface area contributed by atoms with Gasteiger partial charge in [0.15, 0.2) is 6.10 Å². The minimum absolute atomic E-state index is 0.420. The summed E-state index contributed by atoms with van der Waals surface area (Å²) < 4.78 is 5.03. The van der Waals surface area contributed by atoms with Crippen LogP contribution in [-0.2, 0) is 4.74 Å². The van der Waals surface area contributed by atoms with E-state index in [2.05, 4.69) is 18.8 Å². The van der Waals surface area contributed by atoms with Gasteiger partial charge in [-0.3, -0.25) is 0 Å². The molecular weight excluding hydrogens is 292 g/mol. The number of hydrogen-bond acceptors (Lipinski definition) is 4. The van der Waals surface area contributed by atoms with Crippen molar-refractivity contribution in [2.75, 3.05) is 6.61 Å². The number of hydrogen-bond donors (Lipinski definition) is 3. The van der Waals surface area contributed by atoms with Crippen LogP contribution in [0.2, 0.25) is 0 Å². The van der Waals surface area contributed by atoms with Crippen molar-refractivity contribution in [3.05, 3.63) is 12.5 Å². The van der Waals surface area contributed by atoms with Crippen LogP contribution in [0.25, 0.3) is 0 Å². The molecule has 0 aromatic carbocycles. The van der Waals surface area contributed by atoms with Gasteiger partial charge in [0, 0.05) is 6.42 Å². The molecule has 0 heterocycles. The van der Waals surface area contributed by atoms with Gasteiger partial charge in [0.1, 0.15) is 18.6 Å². The molecule has 2 unspecified atom stereocenters. The third kappa shape index (κ3) is 14.2. The second-order valence-corrected chi connectivity index (χ2v) is 5.84. The Hall–Kier alpha value is -1.18. The fraction of sp³-hybridized carbons (Fsp3) is 0.789. The fourth-order valence-corrected chi connectivity index (χ4v) is 2.31. The minimum atomic E-state index is -1.06. The number of rotatable bonds is 14. The number of aliphatic hydroxyl groups excluding tert-OH is 3. The molecule has 0 aliphatic carbocycles. The van der Waals surface area contributed by atoms with Crippen LogP contribution in [0.5, 0.6) is 0 Å². The summed E-state index contributed by atoms with van der Waals surface area (Å²) in [4.78, 5) is 0. The summed E-state index contributed by atoms with van der Waals surface area (Å²) in [6.45, 7) is 1.82. The van der Waals surface area contributed by atoms with E-state index in [1.165, 1.54) is 57.8 Å². The zero-order chi connectivity index (χ0) is 17.2. The Kier molecular flexibility index (Phi) is 16.3. The maximum Gasteiger partial charge on any atom is 0.186 e. The lowest BCUT2D eigenvalue weighted by Gasteiger charge is -2.14. The molecule has 0 spiro atoms. The van der Waals surface area contributed by atoms with E-state index < -0.39 is 18.8 Å². The Morgan fingerprint density at radius 2 is 1.52 bits per heavy atom. The SMILES string of the molecule is CCCCCCCCCCCCC#CC(OC=CO)C(O)CO. The van der Waals surface area contributed by atoms with E-state index >= 15 is 0 Å². The first-order chi connectivity index (χ1) is 11.3. The summed E-state index contributed by atoms with van der Waals surface area (Å²) in [5.74, 6) is 5.76. The molecule has 0 saturated carbocycles. The van der Waals surface area contributed by atoms with Gasteiger partial charge in [-0.05, 0) is 6.42 Å². The maximum absolute atomic E-state index is 9.53. The van der Waals surface area contributed by atoms with E-state index in [1.807, 2.05) is 0 Å². The van der Waals surface area contributed by atoms with Crippen LogP contribution in [0.4, 0.5) is 0 Å². The summed E-state index contributed by atoms with van der Waals surface area (Å²) >= 11 is 0. The lowest BCUT2D eigenvalue weighted by molar-refractivity contribution is 0.00520. The predicted molar refractivity (Wildman–Crippen MR) is 94.0 cm³/mol. The molecule has 0 radical (unpaired) electrons. The van der Waals surface area contributed by atoms with Crippen LogP contribution in [-0.4, -0.2) is 34.1 Å². The van der Waals surface area contributed by atoms with Gasteiger partial charge in [-0.15, -0.1) is 0 Å². The zero-order valence-corrected chi connectivity index (χ0v) is 14.5. The highest BCUT2D eigenvalue weighted by molar-refractivity contribution is 5.08. The lowest BCUT2D eigenvalue weighted by atomic mass is 10.1. The molecule has 0 aliphatic heterocycles. The van der Waals surface area contributed by atoms with Crippen molar-refractivity contribution in [3.8, 4) is 11.8 Å². The minimum Gasteiger partial charge on any atom is -0.512 e. The highest BCUT2D eigenvalue weighted by Crippen LogP contribution is 2.11. The zero-order valence-electron chi connectivity index (χ0n) is 14.5. The molecule has 0 fully saturated rings. The van der Waals surface area contributed by atoms with Crippen LogP contribution < -0.4 is 0 Å². The molecule has 0 saturated heterocycles. The van der Waals surface area contributed by atoms with Crippen molar-refractivity contribution < 1.29 is 20.1 Å². The van der Waals surface area contributed by atoms with Crippen LogP contribution in [0.15, 0.2) is 12.5 Å². The Morgan fingerprint density at radius 3 is 2.04 bits per heavy atom. The highest BCUT2D eigenvalue weighted by atomic mass is 16.5. The average molecular weight is 326 g/mol. The standard InChI is InChI=1S/C19H34O4/c1-2-3-4-5-6-7-8-9-10-11-12-13-14-19(18(22)17-21)23-16-15-20/h15-16,18-22H,2-12,17H2,1H3. The van der Waals surface area contributed by atoms with Gasteiger partial charge in [-0.1, -0.05) is 76.6 Å². The molecule has 4 heteroatoms. The van der Waals surface area contributed by atoms with E-state index in [4.69, 9.17) is 14.9 Å². The molecule has 0 amide bonds. The number of unbranched alkanes of at least 4 members (excludes halogenated alkanes) is 10. The van der Waals surface area contributed by atoms with E-state index in [0.29, 0.717) is 0 Å². The molecule has 3 N–H and O–H groups in total. The van der Waals surface area contributed by atoms with Gasteiger partial charge in [0.25, 0.3) is 0 Å². The molecule has 0 rings (SSSR count). The van der Waals surface area contributed by atoms with E-state index in [9.17, 15) is 5.11 Å². The van der Waals surface area contributed by atoms with Gasteiger partial charge in [-0.25, -0.2) is 0 Å². The average Bonchev–Trinajstić information content (AvgIpc) is 2.57. The second kappa shape index (κ2) is 17.2. The number of aliphatic hydroxyl groups is 3. The van der Waals surface area contributed by atoms with Crippen LogP contribution in [0.1, 0.15) is 77.6 Å². The van der Waals surface area contributed by atoms with Crippen molar-refractivity contribution in [1.29, 1.82) is 0 Å². The Morgan fingerprint density at radius 1 is 0.957 bits per heavy atom. The van der Waals surface area contributed by atoms with Gasteiger partial charge < -0.3 is 20.1 Å². The van der Waals surface area contributed by atoms with Crippen molar-refractivity contribution >= 4 is 0 Å². The Labute approximate surface area is 141 Å². The molecule has 2 atom stereocenters. The third-order valence-electron chi connectivity index (χ3n) is 3.72. The Bertz CT molecular complexity index is 330. The number of ether oxygens (including phenoxy) is 1. The lowest BCUT2D eigenvalue weighted by Crippen LogP contribution is -2.29. The Balaban J connectivity index is 3.62. The first-order valence-corrected chi connectivity index (χ1v) is 8.98. The maximum atomic E-state index is 9.53. The van der Waals surface area contributed by atoms with Gasteiger partial charge >= 0.3 is 0 Å². The van der Waals surface area contributed by atoms with Gasteiger partial charge in [0.2, 0.25) is 0 Å². The van der Waals surface area contributed by atoms with Crippen molar-refractivity contribution in [2.24, 2.45) is 0 Å². The molecule has 0 aliphatic rings. The summed E-state index contributed by atoms with van der Waals surface area (Å²) in [6, 6.07) is 0. The highest BCUT2D eigenvalue weighted by Gasteiger charge is 2.15. The second-order valence-electron chi connectivity index (χ2n) is 5.84. The van der Waals surface area contributed by atoms with E-state index in [-0.39, 0.29) is 0 Å². The molecule has 4 nitrogen and oxygen atoms in total. The molecule has 0 aromatic heterocycles. The van der Waals surface area contributed by atoms with Gasteiger partial charge in [-0.2, -0.15) is 0 Å². The molecule has 23 heavy (non-hydrogen) atoms.